The van der Waals surface area contributed by atoms with Gasteiger partial charge in [0.05, 0.1) is 6.61 Å². The molecule has 362 valence electrons. The molecule has 0 spiro atoms. The third-order valence-electron chi connectivity index (χ3n) is 11.8. The molecule has 0 radical (unpaired) electrons. The number of hydrogen-bond acceptors (Lipinski definition) is 5. The highest BCUT2D eigenvalue weighted by Gasteiger charge is 2.17. The molecule has 1 unspecified atom stereocenters. The summed E-state index contributed by atoms with van der Waals surface area (Å²) in [7, 11) is 0. The van der Waals surface area contributed by atoms with Crippen LogP contribution in [0.25, 0.3) is 0 Å². The molecule has 0 aliphatic carbocycles. The van der Waals surface area contributed by atoms with E-state index in [2.05, 4.69) is 69.4 Å². The highest BCUT2D eigenvalue weighted by Crippen LogP contribution is 2.16. The Morgan fingerprint density at radius 3 is 1.19 bits per heavy atom. The molecular formula is C57H104O5. The number of unbranched alkanes of at least 4 members (excludes halogenated alkanes) is 31. The van der Waals surface area contributed by atoms with E-state index >= 15 is 0 Å². The van der Waals surface area contributed by atoms with E-state index in [0.717, 1.165) is 77.0 Å². The van der Waals surface area contributed by atoms with Gasteiger partial charge in [0, 0.05) is 19.4 Å². The number of rotatable bonds is 50. The largest absolute Gasteiger partial charge is 0.462 e. The van der Waals surface area contributed by atoms with Gasteiger partial charge in [0.2, 0.25) is 0 Å². The fraction of sp³-hybridized carbons (Fsp3) is 0.825. The monoisotopic (exact) mass is 869 g/mol. The molecule has 0 aromatic carbocycles. The summed E-state index contributed by atoms with van der Waals surface area (Å²) in [5, 5.41) is 0. The molecule has 5 nitrogen and oxygen atoms in total. The smallest absolute Gasteiger partial charge is 0.306 e. The van der Waals surface area contributed by atoms with Crippen LogP contribution < -0.4 is 0 Å². The molecule has 5 heteroatoms. The second-order valence-electron chi connectivity index (χ2n) is 18.1. The normalized spacial score (nSPS) is 12.5. The summed E-state index contributed by atoms with van der Waals surface area (Å²) in [4.78, 5) is 25.4. The zero-order valence-corrected chi connectivity index (χ0v) is 41.6. The standard InChI is InChI=1S/C57H104O5/c1-4-7-10-13-16-19-22-25-27-29-30-33-35-38-41-44-47-50-56(58)61-54-55(62-57(59)51-48-45-42-39-36-32-24-21-18-15-12-9-6-3)53-60-52-49-46-43-40-37-34-31-28-26-23-20-17-14-11-8-5-2/h8,11,17,20-21,24,26,28,55H,4-7,9-10,12-16,18-19,22-23,25,27,29-54H2,1-3H3/b11-8-,20-17-,24-21-,28-26-. The van der Waals surface area contributed by atoms with Gasteiger partial charge in [0.15, 0.2) is 6.10 Å². The van der Waals surface area contributed by atoms with Crippen molar-refractivity contribution in [3.63, 3.8) is 0 Å². The molecule has 0 aromatic rings. The summed E-state index contributed by atoms with van der Waals surface area (Å²) in [5.41, 5.74) is 0. The maximum absolute atomic E-state index is 12.8. The molecule has 0 N–H and O–H groups in total. The maximum atomic E-state index is 12.8. The Labute approximate surface area is 386 Å². The highest BCUT2D eigenvalue weighted by atomic mass is 16.6. The van der Waals surface area contributed by atoms with Crippen molar-refractivity contribution in [1.29, 1.82) is 0 Å². The predicted molar refractivity (Wildman–Crippen MR) is 270 cm³/mol. The van der Waals surface area contributed by atoms with Gasteiger partial charge in [-0.25, -0.2) is 0 Å². The highest BCUT2D eigenvalue weighted by molar-refractivity contribution is 5.70. The first-order valence-electron chi connectivity index (χ1n) is 27.2. The molecule has 0 aliphatic heterocycles. The van der Waals surface area contributed by atoms with Crippen LogP contribution in [-0.4, -0.2) is 37.9 Å². The summed E-state index contributed by atoms with van der Waals surface area (Å²) in [6.07, 6.45) is 65.5. The Morgan fingerprint density at radius 1 is 0.371 bits per heavy atom. The van der Waals surface area contributed by atoms with Crippen LogP contribution in [0.5, 0.6) is 0 Å². The number of carbonyl (C=O) groups excluding carboxylic acids is 2. The number of esters is 2. The van der Waals surface area contributed by atoms with E-state index in [1.54, 1.807) is 0 Å². The fourth-order valence-electron chi connectivity index (χ4n) is 7.81. The van der Waals surface area contributed by atoms with E-state index in [4.69, 9.17) is 14.2 Å². The van der Waals surface area contributed by atoms with E-state index in [1.807, 2.05) is 0 Å². The van der Waals surface area contributed by atoms with Crippen LogP contribution in [0, 0.1) is 0 Å². The lowest BCUT2D eigenvalue weighted by atomic mass is 10.0. The summed E-state index contributed by atoms with van der Waals surface area (Å²) in [6.45, 7) is 7.71. The van der Waals surface area contributed by atoms with E-state index in [1.165, 1.54) is 167 Å². The predicted octanol–water partition coefficient (Wildman–Crippen LogP) is 18.3. The quantitative estimate of drug-likeness (QED) is 0.0346. The lowest BCUT2D eigenvalue weighted by Crippen LogP contribution is -2.30. The van der Waals surface area contributed by atoms with Crippen molar-refractivity contribution in [2.24, 2.45) is 0 Å². The minimum Gasteiger partial charge on any atom is -0.462 e. The fourth-order valence-corrected chi connectivity index (χ4v) is 7.81. The Bertz CT molecular complexity index is 1030. The van der Waals surface area contributed by atoms with Gasteiger partial charge in [0.1, 0.15) is 6.61 Å². The summed E-state index contributed by atoms with van der Waals surface area (Å²) < 4.78 is 17.4. The van der Waals surface area contributed by atoms with Gasteiger partial charge < -0.3 is 14.2 Å². The molecule has 62 heavy (non-hydrogen) atoms. The first kappa shape index (κ1) is 59.9. The number of hydrogen-bond donors (Lipinski definition) is 0. The molecule has 0 aromatic heterocycles. The number of allylic oxidation sites excluding steroid dienone is 8. The maximum Gasteiger partial charge on any atom is 0.306 e. The summed E-state index contributed by atoms with van der Waals surface area (Å²) in [6, 6.07) is 0. The molecule has 1 atom stereocenters. The van der Waals surface area contributed by atoms with Crippen molar-refractivity contribution in [1.82, 2.24) is 0 Å². The van der Waals surface area contributed by atoms with E-state index in [-0.39, 0.29) is 25.2 Å². The van der Waals surface area contributed by atoms with E-state index in [9.17, 15) is 9.59 Å². The zero-order chi connectivity index (χ0) is 44.9. The first-order valence-corrected chi connectivity index (χ1v) is 27.2. The molecule has 0 bridgehead atoms. The van der Waals surface area contributed by atoms with Gasteiger partial charge in [-0.3, -0.25) is 9.59 Å². The first-order chi connectivity index (χ1) is 30.6. The Hall–Kier alpha value is -2.14. The van der Waals surface area contributed by atoms with Crippen LogP contribution in [0.1, 0.15) is 278 Å². The molecule has 0 fully saturated rings. The van der Waals surface area contributed by atoms with Crippen LogP contribution in [-0.2, 0) is 23.8 Å². The summed E-state index contributed by atoms with van der Waals surface area (Å²) in [5.74, 6) is -0.402. The molecule has 0 saturated carbocycles. The van der Waals surface area contributed by atoms with Gasteiger partial charge in [-0.2, -0.15) is 0 Å². The Balaban J connectivity index is 4.25. The van der Waals surface area contributed by atoms with Crippen molar-refractivity contribution in [3.8, 4) is 0 Å². The third kappa shape index (κ3) is 50.5. The Kier molecular flexibility index (Phi) is 51.4. The van der Waals surface area contributed by atoms with E-state index < -0.39 is 6.10 Å². The molecule has 0 rings (SSSR count). The number of carbonyl (C=O) groups is 2. The van der Waals surface area contributed by atoms with E-state index in [0.29, 0.717) is 19.4 Å². The molecular weight excluding hydrogens is 765 g/mol. The van der Waals surface area contributed by atoms with Gasteiger partial charge in [-0.05, 0) is 77.0 Å². The van der Waals surface area contributed by atoms with Crippen molar-refractivity contribution in [2.45, 2.75) is 284 Å². The Morgan fingerprint density at radius 2 is 0.726 bits per heavy atom. The molecule has 0 heterocycles. The molecule has 0 amide bonds. The SMILES string of the molecule is CC/C=C\C/C=C\C/C=C\CCCCCCCCOCC(COC(=O)CCCCCCCCCCCCCCCCCCC)OC(=O)CCCCCCC/C=C\CCCCCC. The van der Waals surface area contributed by atoms with Crippen molar-refractivity contribution < 1.29 is 23.8 Å². The van der Waals surface area contributed by atoms with Crippen LogP contribution in [0.3, 0.4) is 0 Å². The molecule has 0 saturated heterocycles. The average Bonchev–Trinajstić information content (AvgIpc) is 3.27. The van der Waals surface area contributed by atoms with Crippen molar-refractivity contribution in [2.75, 3.05) is 19.8 Å². The van der Waals surface area contributed by atoms with Gasteiger partial charge in [0.25, 0.3) is 0 Å². The van der Waals surface area contributed by atoms with Gasteiger partial charge in [-0.15, -0.1) is 0 Å². The summed E-state index contributed by atoms with van der Waals surface area (Å²) >= 11 is 0. The second kappa shape index (κ2) is 53.2. The van der Waals surface area contributed by atoms with Crippen LogP contribution >= 0.6 is 0 Å². The lowest BCUT2D eigenvalue weighted by molar-refractivity contribution is -0.163. The van der Waals surface area contributed by atoms with Gasteiger partial charge in [-0.1, -0.05) is 236 Å². The minimum atomic E-state index is -0.544. The zero-order valence-electron chi connectivity index (χ0n) is 41.6. The second-order valence-corrected chi connectivity index (χ2v) is 18.1. The topological polar surface area (TPSA) is 61.8 Å². The average molecular weight is 869 g/mol. The molecule has 0 aliphatic rings. The number of ether oxygens (including phenoxy) is 3. The van der Waals surface area contributed by atoms with Gasteiger partial charge >= 0.3 is 11.9 Å². The minimum absolute atomic E-state index is 0.0800. The lowest BCUT2D eigenvalue weighted by Gasteiger charge is -2.18. The van der Waals surface area contributed by atoms with Crippen LogP contribution in [0.4, 0.5) is 0 Å². The van der Waals surface area contributed by atoms with Crippen molar-refractivity contribution >= 4 is 11.9 Å². The van der Waals surface area contributed by atoms with Crippen molar-refractivity contribution in [3.05, 3.63) is 48.6 Å². The third-order valence-corrected chi connectivity index (χ3v) is 11.8. The van der Waals surface area contributed by atoms with Crippen LogP contribution in [0.15, 0.2) is 48.6 Å². The van der Waals surface area contributed by atoms with Crippen LogP contribution in [0.2, 0.25) is 0 Å².